The van der Waals surface area contributed by atoms with Crippen molar-refractivity contribution >= 4 is 6.29 Å². The zero-order valence-corrected chi connectivity index (χ0v) is 13.0. The molecule has 0 bridgehead atoms. The third kappa shape index (κ3) is 5.35. The molecule has 1 saturated heterocycles. The van der Waals surface area contributed by atoms with Crippen molar-refractivity contribution in [2.45, 2.75) is 13.8 Å². The maximum absolute atomic E-state index is 10.6. The second-order valence-corrected chi connectivity index (χ2v) is 4.57. The van der Waals surface area contributed by atoms with E-state index in [2.05, 4.69) is 23.1 Å². The van der Waals surface area contributed by atoms with Crippen molar-refractivity contribution in [3.05, 3.63) is 0 Å². The van der Waals surface area contributed by atoms with E-state index >= 15 is 0 Å². The van der Waals surface area contributed by atoms with Gasteiger partial charge < -0.3 is 14.6 Å². The maximum Gasteiger partial charge on any atom is 1.00 e. The molecule has 0 aromatic heterocycles. The van der Waals surface area contributed by atoms with Crippen molar-refractivity contribution in [2.24, 2.45) is 5.41 Å². The molecule has 0 aromatic carbocycles. The van der Waals surface area contributed by atoms with E-state index in [-0.39, 0.29) is 56.8 Å². The Bertz CT molecular complexity index is 177. The van der Waals surface area contributed by atoms with Crippen molar-refractivity contribution < 1.29 is 56.2 Å². The van der Waals surface area contributed by atoms with Gasteiger partial charge in [-0.25, -0.2) is 0 Å². The van der Waals surface area contributed by atoms with E-state index in [1.54, 1.807) is 0 Å². The standard InChI is InChI=1S/C10H19N2O.K/c1-10(2,9-13)8-12-6-4-11(3)5-7-12;/h4-8H2,1-3H3;/q-1;+1. The van der Waals surface area contributed by atoms with Crippen molar-refractivity contribution in [2.75, 3.05) is 39.8 Å². The van der Waals surface area contributed by atoms with Gasteiger partial charge in [0.2, 0.25) is 0 Å². The summed E-state index contributed by atoms with van der Waals surface area (Å²) in [5.74, 6) is 0. The summed E-state index contributed by atoms with van der Waals surface area (Å²) >= 11 is 0. The van der Waals surface area contributed by atoms with Crippen LogP contribution in [0.2, 0.25) is 0 Å². The molecule has 0 spiro atoms. The van der Waals surface area contributed by atoms with Gasteiger partial charge in [-0.1, -0.05) is 13.8 Å². The third-order valence-electron chi connectivity index (χ3n) is 2.49. The predicted octanol–water partition coefficient (Wildman–Crippen LogP) is -2.63. The normalized spacial score (nSPS) is 20.2. The summed E-state index contributed by atoms with van der Waals surface area (Å²) in [4.78, 5) is 15.3. The van der Waals surface area contributed by atoms with Crippen molar-refractivity contribution in [3.63, 3.8) is 0 Å². The molecule has 1 fully saturated rings. The van der Waals surface area contributed by atoms with E-state index < -0.39 is 0 Å². The first-order valence-corrected chi connectivity index (χ1v) is 4.84. The summed E-state index contributed by atoms with van der Waals surface area (Å²) in [5.41, 5.74) is -0.310. The zero-order chi connectivity index (χ0) is 9.90. The van der Waals surface area contributed by atoms with Crippen LogP contribution in [0.1, 0.15) is 13.8 Å². The minimum absolute atomic E-state index is 0. The first-order valence-electron chi connectivity index (χ1n) is 4.84. The molecule has 0 radical (unpaired) electrons. The molecule has 1 heterocycles. The molecule has 0 saturated carbocycles. The molecule has 1 aliphatic rings. The van der Waals surface area contributed by atoms with Crippen LogP contribution in [-0.4, -0.2) is 55.9 Å². The number of rotatable bonds is 3. The predicted molar refractivity (Wildman–Crippen MR) is 53.4 cm³/mol. The Hall–Kier alpha value is 1.23. The molecule has 0 atom stereocenters. The molecule has 1 aliphatic heterocycles. The molecular weight excluding hydrogens is 203 g/mol. The van der Waals surface area contributed by atoms with Crippen LogP contribution >= 0.6 is 0 Å². The summed E-state index contributed by atoms with van der Waals surface area (Å²) in [7, 11) is 2.13. The Balaban J connectivity index is 0.00000169. The van der Waals surface area contributed by atoms with Gasteiger partial charge in [0.15, 0.2) is 0 Å². The van der Waals surface area contributed by atoms with Crippen LogP contribution in [0.4, 0.5) is 0 Å². The quantitative estimate of drug-likeness (QED) is 0.386. The zero-order valence-electron chi connectivity index (χ0n) is 9.84. The molecule has 1 rings (SSSR count). The van der Waals surface area contributed by atoms with Crippen LogP contribution < -0.4 is 51.4 Å². The third-order valence-corrected chi connectivity index (χ3v) is 2.49. The molecule has 3 nitrogen and oxygen atoms in total. The topological polar surface area (TPSA) is 23.6 Å². The van der Waals surface area contributed by atoms with Crippen LogP contribution in [0.5, 0.6) is 0 Å². The average molecular weight is 222 g/mol. The van der Waals surface area contributed by atoms with Gasteiger partial charge in [-0.2, -0.15) is 0 Å². The first kappa shape index (κ1) is 15.2. The molecular formula is C10H19KN2O. The maximum atomic E-state index is 10.6. The number of piperazine rings is 1. The van der Waals surface area contributed by atoms with E-state index in [0.29, 0.717) is 0 Å². The Kier molecular flexibility index (Phi) is 7.32. The van der Waals surface area contributed by atoms with E-state index in [1.165, 1.54) is 0 Å². The molecule has 0 aromatic rings. The Morgan fingerprint density at radius 1 is 1.21 bits per heavy atom. The summed E-state index contributed by atoms with van der Waals surface area (Å²) in [6.07, 6.45) is 2.09. The summed E-state index contributed by atoms with van der Waals surface area (Å²) in [6.45, 7) is 9.08. The molecule has 0 aliphatic carbocycles. The number of likely N-dealkylation sites (N-methyl/N-ethyl adjacent to an activating group) is 1. The molecule has 76 valence electrons. The van der Waals surface area contributed by atoms with Gasteiger partial charge in [-0.3, -0.25) is 6.29 Å². The van der Waals surface area contributed by atoms with Gasteiger partial charge in [0, 0.05) is 26.2 Å². The van der Waals surface area contributed by atoms with Crippen molar-refractivity contribution in [1.29, 1.82) is 0 Å². The second kappa shape index (κ2) is 6.73. The fourth-order valence-electron chi connectivity index (χ4n) is 1.60. The van der Waals surface area contributed by atoms with Gasteiger partial charge in [0.05, 0.1) is 0 Å². The number of hydrogen-bond donors (Lipinski definition) is 0. The largest absolute Gasteiger partial charge is 1.00 e. The summed E-state index contributed by atoms with van der Waals surface area (Å²) in [5, 5.41) is 0. The number of carbonyl (C=O) groups excluding carboxylic acids is 1. The Labute approximate surface area is 130 Å². The van der Waals surface area contributed by atoms with Gasteiger partial charge in [-0.15, -0.1) is 5.41 Å². The van der Waals surface area contributed by atoms with Crippen LogP contribution in [0.25, 0.3) is 0 Å². The van der Waals surface area contributed by atoms with Crippen LogP contribution in [0.15, 0.2) is 0 Å². The Morgan fingerprint density at radius 3 is 2.14 bits per heavy atom. The molecule has 0 unspecified atom stereocenters. The smallest absolute Gasteiger partial charge is 0.541 e. The fourth-order valence-corrected chi connectivity index (χ4v) is 1.60. The van der Waals surface area contributed by atoms with E-state index in [4.69, 9.17) is 0 Å². The first-order chi connectivity index (χ1) is 6.03. The van der Waals surface area contributed by atoms with Gasteiger partial charge in [-0.05, 0) is 13.6 Å². The minimum atomic E-state index is -0.310. The molecule has 0 N–H and O–H groups in total. The summed E-state index contributed by atoms with van der Waals surface area (Å²) in [6, 6.07) is 0. The van der Waals surface area contributed by atoms with Crippen molar-refractivity contribution in [3.8, 4) is 0 Å². The monoisotopic (exact) mass is 222 g/mol. The molecule has 0 amide bonds. The van der Waals surface area contributed by atoms with E-state index in [1.807, 2.05) is 13.8 Å². The van der Waals surface area contributed by atoms with Crippen molar-refractivity contribution in [1.82, 2.24) is 9.80 Å². The second-order valence-electron chi connectivity index (χ2n) is 4.57. The van der Waals surface area contributed by atoms with Crippen LogP contribution in [-0.2, 0) is 4.79 Å². The van der Waals surface area contributed by atoms with E-state index in [9.17, 15) is 4.79 Å². The van der Waals surface area contributed by atoms with Gasteiger partial charge in [0.25, 0.3) is 0 Å². The fraction of sp³-hybridized carbons (Fsp3) is 0.900. The van der Waals surface area contributed by atoms with Gasteiger partial charge in [0.1, 0.15) is 0 Å². The summed E-state index contributed by atoms with van der Waals surface area (Å²) < 4.78 is 0. The van der Waals surface area contributed by atoms with Crippen LogP contribution in [0.3, 0.4) is 0 Å². The minimum Gasteiger partial charge on any atom is -0.541 e. The average Bonchev–Trinajstić information content (AvgIpc) is 2.09. The number of hydrogen-bond acceptors (Lipinski definition) is 3. The SMILES string of the molecule is CN1CCN(CC(C)(C)[C-]=O)CC1.[K+]. The van der Waals surface area contributed by atoms with Gasteiger partial charge >= 0.3 is 51.4 Å². The molecule has 14 heavy (non-hydrogen) atoms. The Morgan fingerprint density at radius 2 is 1.71 bits per heavy atom. The molecule has 4 heteroatoms. The van der Waals surface area contributed by atoms with E-state index in [0.717, 1.165) is 32.7 Å². The van der Waals surface area contributed by atoms with Crippen LogP contribution in [0, 0.1) is 5.41 Å². The number of nitrogens with zero attached hydrogens (tertiary/aromatic N) is 2.